The summed E-state index contributed by atoms with van der Waals surface area (Å²) in [6.45, 7) is 1.82. The Labute approximate surface area is 238 Å². The lowest BCUT2D eigenvalue weighted by molar-refractivity contribution is -0.137. The largest absolute Gasteiger partial charge is 0.490 e. The van der Waals surface area contributed by atoms with E-state index < -0.39 is 35.1 Å². The fraction of sp³-hybridized carbons (Fsp3) is 0.160. The maximum absolute atomic E-state index is 14.1. The van der Waals surface area contributed by atoms with Crippen LogP contribution in [0.4, 0.5) is 23.2 Å². The maximum atomic E-state index is 14.1. The smallest absolute Gasteiger partial charge is 0.416 e. The van der Waals surface area contributed by atoms with Gasteiger partial charge in [0.2, 0.25) is 0 Å². The summed E-state index contributed by atoms with van der Waals surface area (Å²) in [6, 6.07) is 9.62. The Morgan fingerprint density at radius 1 is 1.05 bits per heavy atom. The van der Waals surface area contributed by atoms with E-state index in [9.17, 15) is 27.2 Å². The fourth-order valence-corrected chi connectivity index (χ4v) is 4.03. The van der Waals surface area contributed by atoms with Crippen LogP contribution in [0.3, 0.4) is 0 Å². The van der Waals surface area contributed by atoms with Crippen molar-refractivity contribution in [3.63, 3.8) is 0 Å². The molecule has 0 unspecified atom stereocenters. The average molecular weight is 651 g/mol. The van der Waals surface area contributed by atoms with E-state index in [4.69, 9.17) is 32.7 Å². The SMILES string of the molecule is CCOc1cc(C=NNC(=O)C(=O)Nc2cc(C(F)(F)F)ccc2Cl)cc(Br)c1OCc1c(F)cccc1Cl. The quantitative estimate of drug-likeness (QED) is 0.119. The third-order valence-corrected chi connectivity index (χ3v) is 6.15. The Hall–Kier alpha value is -3.35. The molecular weight excluding hydrogens is 633 g/mol. The normalized spacial score (nSPS) is 11.4. The molecule has 3 rings (SSSR count). The number of ether oxygens (including phenoxy) is 2. The Bertz CT molecular complexity index is 1400. The van der Waals surface area contributed by atoms with Crippen LogP contribution in [-0.2, 0) is 22.4 Å². The van der Waals surface area contributed by atoms with Crippen molar-refractivity contribution in [2.45, 2.75) is 19.7 Å². The first kappa shape index (κ1) is 30.2. The lowest BCUT2D eigenvalue weighted by Gasteiger charge is -2.15. The third-order valence-electron chi connectivity index (χ3n) is 4.88. The molecule has 0 aliphatic rings. The first-order valence-corrected chi connectivity index (χ1v) is 12.5. The van der Waals surface area contributed by atoms with Gasteiger partial charge in [-0.15, -0.1) is 0 Å². The van der Waals surface area contributed by atoms with Gasteiger partial charge in [0, 0.05) is 5.56 Å². The molecule has 2 amide bonds. The van der Waals surface area contributed by atoms with Gasteiger partial charge in [-0.1, -0.05) is 29.3 Å². The van der Waals surface area contributed by atoms with Gasteiger partial charge in [0.15, 0.2) is 11.5 Å². The van der Waals surface area contributed by atoms with Gasteiger partial charge < -0.3 is 14.8 Å². The molecule has 0 radical (unpaired) electrons. The van der Waals surface area contributed by atoms with Crippen molar-refractivity contribution in [2.75, 3.05) is 11.9 Å². The predicted molar refractivity (Wildman–Crippen MR) is 142 cm³/mol. The van der Waals surface area contributed by atoms with Crippen molar-refractivity contribution in [1.82, 2.24) is 5.43 Å². The molecular formula is C25H18BrCl2F4N3O4. The van der Waals surface area contributed by atoms with Crippen LogP contribution in [0.1, 0.15) is 23.6 Å². The van der Waals surface area contributed by atoms with Gasteiger partial charge in [0.05, 0.1) is 38.6 Å². The molecule has 0 heterocycles. The van der Waals surface area contributed by atoms with Gasteiger partial charge in [0.25, 0.3) is 0 Å². The van der Waals surface area contributed by atoms with Crippen LogP contribution in [0.2, 0.25) is 10.0 Å². The molecule has 0 atom stereocenters. The highest BCUT2D eigenvalue weighted by atomic mass is 79.9. The summed E-state index contributed by atoms with van der Waals surface area (Å²) in [5, 5.41) is 5.70. The summed E-state index contributed by atoms with van der Waals surface area (Å²) < 4.78 is 64.6. The number of carbonyl (C=O) groups is 2. The average Bonchev–Trinajstić information content (AvgIpc) is 2.85. The Morgan fingerprint density at radius 2 is 1.79 bits per heavy atom. The second kappa shape index (κ2) is 13.1. The van der Waals surface area contributed by atoms with Crippen molar-refractivity contribution >= 4 is 62.8 Å². The molecule has 0 fully saturated rings. The van der Waals surface area contributed by atoms with E-state index in [1.54, 1.807) is 13.0 Å². The minimum Gasteiger partial charge on any atom is -0.490 e. The Morgan fingerprint density at radius 3 is 2.46 bits per heavy atom. The number of rotatable bonds is 8. The summed E-state index contributed by atoms with van der Waals surface area (Å²) in [6.07, 6.45) is -3.48. The number of nitrogens with zero attached hydrogens (tertiary/aromatic N) is 1. The third kappa shape index (κ3) is 8.07. The number of hydrazone groups is 1. The number of benzene rings is 3. The van der Waals surface area contributed by atoms with Gasteiger partial charge >= 0.3 is 18.0 Å². The minimum absolute atomic E-state index is 0.159. The summed E-state index contributed by atoms with van der Waals surface area (Å²) in [5.41, 5.74) is 1.08. The van der Waals surface area contributed by atoms with E-state index in [1.165, 1.54) is 30.5 Å². The van der Waals surface area contributed by atoms with Crippen LogP contribution < -0.4 is 20.2 Å². The molecule has 0 bridgehead atoms. The topological polar surface area (TPSA) is 89.0 Å². The van der Waals surface area contributed by atoms with Crippen molar-refractivity contribution < 1.29 is 36.6 Å². The van der Waals surface area contributed by atoms with Crippen molar-refractivity contribution in [3.05, 3.63) is 85.6 Å². The lowest BCUT2D eigenvalue weighted by atomic mass is 10.2. The second-order valence-corrected chi connectivity index (χ2v) is 9.27. The molecule has 0 saturated carbocycles. The highest BCUT2D eigenvalue weighted by molar-refractivity contribution is 9.10. The van der Waals surface area contributed by atoms with E-state index in [0.717, 1.165) is 12.1 Å². The van der Waals surface area contributed by atoms with Crippen LogP contribution in [0.5, 0.6) is 11.5 Å². The zero-order valence-corrected chi connectivity index (χ0v) is 22.9. The number of nitrogens with one attached hydrogen (secondary N) is 2. The summed E-state index contributed by atoms with van der Waals surface area (Å²) in [4.78, 5) is 24.2. The Kier molecular flexibility index (Phi) is 10.2. The van der Waals surface area contributed by atoms with Crippen LogP contribution in [-0.4, -0.2) is 24.6 Å². The van der Waals surface area contributed by atoms with Crippen LogP contribution in [0.25, 0.3) is 0 Å². The second-order valence-electron chi connectivity index (χ2n) is 7.60. The molecule has 0 aromatic heterocycles. The van der Waals surface area contributed by atoms with Crippen molar-refractivity contribution in [1.29, 1.82) is 0 Å². The number of hydrogen-bond donors (Lipinski definition) is 2. The van der Waals surface area contributed by atoms with Crippen LogP contribution in [0.15, 0.2) is 58.1 Å². The maximum Gasteiger partial charge on any atom is 0.416 e. The van der Waals surface area contributed by atoms with Gasteiger partial charge in [0.1, 0.15) is 12.4 Å². The molecule has 7 nitrogen and oxygen atoms in total. The zero-order valence-electron chi connectivity index (χ0n) is 19.8. The first-order valence-electron chi connectivity index (χ1n) is 10.9. The highest BCUT2D eigenvalue weighted by Gasteiger charge is 2.31. The molecule has 3 aromatic carbocycles. The van der Waals surface area contributed by atoms with Crippen molar-refractivity contribution in [3.8, 4) is 11.5 Å². The van der Waals surface area contributed by atoms with Gasteiger partial charge in [-0.3, -0.25) is 9.59 Å². The predicted octanol–water partition coefficient (Wildman–Crippen LogP) is 6.98. The monoisotopic (exact) mass is 649 g/mol. The van der Waals surface area contributed by atoms with Gasteiger partial charge in [-0.2, -0.15) is 18.3 Å². The molecule has 0 aliphatic heterocycles. The number of amides is 2. The molecule has 3 aromatic rings. The van der Waals surface area contributed by atoms with Crippen LogP contribution >= 0.6 is 39.1 Å². The van der Waals surface area contributed by atoms with Gasteiger partial charge in [-0.25, -0.2) is 9.82 Å². The van der Waals surface area contributed by atoms with Gasteiger partial charge in [-0.05, 0) is 70.9 Å². The summed E-state index contributed by atoms with van der Waals surface area (Å²) in [7, 11) is 0. The highest BCUT2D eigenvalue weighted by Crippen LogP contribution is 2.38. The van der Waals surface area contributed by atoms with E-state index in [-0.39, 0.29) is 40.3 Å². The number of halogens is 7. The molecule has 39 heavy (non-hydrogen) atoms. The number of anilines is 1. The molecule has 14 heteroatoms. The number of hydrogen-bond acceptors (Lipinski definition) is 5. The fourth-order valence-electron chi connectivity index (χ4n) is 3.07. The standard InChI is InChI=1S/C25H18BrCl2F4N3O4/c1-2-38-21-9-13(8-16(26)22(21)39-12-15-17(27)4-3-5-19(15)29)11-33-35-24(37)23(36)34-20-10-14(25(30,31)32)6-7-18(20)28/h3-11H,2,12H2,1H3,(H,34,36)(H,35,37). The molecule has 0 saturated heterocycles. The molecule has 0 aliphatic carbocycles. The molecule has 206 valence electrons. The lowest BCUT2D eigenvalue weighted by Crippen LogP contribution is -2.32. The van der Waals surface area contributed by atoms with Crippen LogP contribution in [0, 0.1) is 5.82 Å². The summed E-state index contributed by atoms with van der Waals surface area (Å²) >= 11 is 15.2. The van der Waals surface area contributed by atoms with Crippen molar-refractivity contribution in [2.24, 2.45) is 5.10 Å². The van der Waals surface area contributed by atoms with E-state index in [2.05, 4.69) is 21.0 Å². The van der Waals surface area contributed by atoms with E-state index >= 15 is 0 Å². The first-order chi connectivity index (χ1) is 18.4. The minimum atomic E-state index is -4.67. The zero-order chi connectivity index (χ0) is 28.7. The molecule has 2 N–H and O–H groups in total. The number of alkyl halides is 3. The van der Waals surface area contributed by atoms with E-state index in [1.807, 2.05) is 10.7 Å². The Balaban J connectivity index is 1.69. The molecule has 0 spiro atoms. The summed E-state index contributed by atoms with van der Waals surface area (Å²) in [5.74, 6) is -2.56. The van der Waals surface area contributed by atoms with E-state index in [0.29, 0.717) is 16.1 Å². The number of carbonyl (C=O) groups excluding carboxylic acids is 2.